The van der Waals surface area contributed by atoms with E-state index in [0.29, 0.717) is 22.6 Å². The smallest absolute Gasteiger partial charge is 0.344 e. The monoisotopic (exact) mass is 342 g/mol. The first-order valence-electron chi connectivity index (χ1n) is 7.69. The van der Waals surface area contributed by atoms with Crippen LogP contribution in [-0.4, -0.2) is 25.0 Å². The second-order valence-corrected chi connectivity index (χ2v) is 5.25. The van der Waals surface area contributed by atoms with Gasteiger partial charge in [-0.25, -0.2) is 9.18 Å². The summed E-state index contributed by atoms with van der Waals surface area (Å²) in [5.41, 5.74) is 0.904. The summed E-state index contributed by atoms with van der Waals surface area (Å²) in [4.78, 5) is 23.7. The minimum absolute atomic E-state index is 0.100. The molecule has 0 atom stereocenters. The van der Waals surface area contributed by atoms with Gasteiger partial charge in [-0.15, -0.1) is 0 Å². The number of hydrogen-bond donors (Lipinski definition) is 0. The molecule has 0 aromatic heterocycles. The highest BCUT2D eigenvalue weighted by Gasteiger charge is 2.27. The minimum atomic E-state index is -0.480. The fourth-order valence-electron chi connectivity index (χ4n) is 2.35. The SMILES string of the molecule is CCOC(=O)COc1ccc2c(c1)O/C(=C/c1cccc(F)c1)C2=O. The number of carbonyl (C=O) groups excluding carboxylic acids is 2. The summed E-state index contributed by atoms with van der Waals surface area (Å²) in [5.74, 6) is -0.362. The molecule has 2 aromatic rings. The van der Waals surface area contributed by atoms with Crippen LogP contribution in [0.4, 0.5) is 4.39 Å². The first-order valence-corrected chi connectivity index (χ1v) is 7.69. The molecule has 6 heteroatoms. The second-order valence-electron chi connectivity index (χ2n) is 5.25. The van der Waals surface area contributed by atoms with Crippen LogP contribution in [0.2, 0.25) is 0 Å². The van der Waals surface area contributed by atoms with Gasteiger partial charge in [0.1, 0.15) is 17.3 Å². The minimum Gasteiger partial charge on any atom is -0.482 e. The van der Waals surface area contributed by atoms with E-state index in [1.807, 2.05) is 0 Å². The third kappa shape index (κ3) is 3.85. The van der Waals surface area contributed by atoms with Crippen LogP contribution in [0.15, 0.2) is 48.2 Å². The highest BCUT2D eigenvalue weighted by molar-refractivity contribution is 6.14. The van der Waals surface area contributed by atoms with Crippen LogP contribution in [-0.2, 0) is 9.53 Å². The Morgan fingerprint density at radius 3 is 2.84 bits per heavy atom. The Hall–Kier alpha value is -3.15. The Bertz CT molecular complexity index is 857. The molecule has 0 bridgehead atoms. The van der Waals surface area contributed by atoms with E-state index in [-0.39, 0.29) is 24.8 Å². The van der Waals surface area contributed by atoms with Gasteiger partial charge in [0.25, 0.3) is 0 Å². The lowest BCUT2D eigenvalue weighted by atomic mass is 10.1. The molecule has 0 saturated carbocycles. The lowest BCUT2D eigenvalue weighted by molar-refractivity contribution is -0.145. The molecule has 0 unspecified atom stereocenters. The van der Waals surface area contributed by atoms with E-state index < -0.39 is 11.8 Å². The van der Waals surface area contributed by atoms with E-state index >= 15 is 0 Å². The average Bonchev–Trinajstić information content (AvgIpc) is 2.89. The van der Waals surface area contributed by atoms with Gasteiger partial charge in [0.2, 0.25) is 5.78 Å². The third-order valence-corrected chi connectivity index (χ3v) is 3.45. The van der Waals surface area contributed by atoms with Crippen molar-refractivity contribution in [3.63, 3.8) is 0 Å². The third-order valence-electron chi connectivity index (χ3n) is 3.45. The topological polar surface area (TPSA) is 61.8 Å². The van der Waals surface area contributed by atoms with Gasteiger partial charge >= 0.3 is 5.97 Å². The molecule has 1 aliphatic rings. The fraction of sp³-hybridized carbons (Fsp3) is 0.158. The van der Waals surface area contributed by atoms with Crippen LogP contribution < -0.4 is 9.47 Å². The predicted molar refractivity (Wildman–Crippen MR) is 87.9 cm³/mol. The molecule has 2 aromatic carbocycles. The van der Waals surface area contributed by atoms with Crippen molar-refractivity contribution in [1.29, 1.82) is 0 Å². The molecule has 0 fully saturated rings. The van der Waals surface area contributed by atoms with E-state index in [9.17, 15) is 14.0 Å². The van der Waals surface area contributed by atoms with Crippen LogP contribution in [0.3, 0.4) is 0 Å². The molecule has 5 nitrogen and oxygen atoms in total. The molecule has 3 rings (SSSR count). The summed E-state index contributed by atoms with van der Waals surface area (Å²) in [5, 5.41) is 0. The second kappa shape index (κ2) is 7.17. The maximum atomic E-state index is 13.2. The highest BCUT2D eigenvalue weighted by Crippen LogP contribution is 2.34. The fourth-order valence-corrected chi connectivity index (χ4v) is 2.35. The number of rotatable bonds is 5. The summed E-state index contributed by atoms with van der Waals surface area (Å²) in [6.45, 7) is 1.75. The van der Waals surface area contributed by atoms with E-state index in [0.717, 1.165) is 0 Å². The first-order chi connectivity index (χ1) is 12.1. The molecule has 25 heavy (non-hydrogen) atoms. The van der Waals surface area contributed by atoms with Crippen molar-refractivity contribution in [3.8, 4) is 11.5 Å². The Kier molecular flexibility index (Phi) is 4.79. The molecular formula is C19H15FO5. The number of esters is 1. The van der Waals surface area contributed by atoms with Crippen LogP contribution >= 0.6 is 0 Å². The number of fused-ring (bicyclic) bond motifs is 1. The summed E-state index contributed by atoms with van der Waals surface area (Å²) in [6.07, 6.45) is 1.48. The van der Waals surface area contributed by atoms with Crippen molar-refractivity contribution in [2.75, 3.05) is 13.2 Å². The van der Waals surface area contributed by atoms with Gasteiger partial charge in [-0.1, -0.05) is 12.1 Å². The van der Waals surface area contributed by atoms with Crippen LogP contribution in [0.25, 0.3) is 6.08 Å². The standard InChI is InChI=1S/C19H15FO5/c1-2-23-18(21)11-24-14-6-7-15-16(10-14)25-17(19(15)22)9-12-4-3-5-13(20)8-12/h3-10H,2,11H2,1H3/b17-9+. The molecule has 1 aliphatic heterocycles. The molecule has 0 saturated heterocycles. The number of benzene rings is 2. The number of ether oxygens (including phenoxy) is 3. The summed E-state index contributed by atoms with van der Waals surface area (Å²) in [7, 11) is 0. The average molecular weight is 342 g/mol. The van der Waals surface area contributed by atoms with E-state index in [4.69, 9.17) is 14.2 Å². The number of ketones is 1. The number of halogens is 1. The molecule has 0 radical (unpaired) electrons. The van der Waals surface area contributed by atoms with Crippen molar-refractivity contribution in [3.05, 3.63) is 65.2 Å². The normalized spacial score (nSPS) is 14.2. The zero-order chi connectivity index (χ0) is 17.8. The molecule has 128 valence electrons. The molecule has 0 amide bonds. The summed E-state index contributed by atoms with van der Waals surface area (Å²) in [6, 6.07) is 10.5. The Morgan fingerprint density at radius 2 is 2.08 bits per heavy atom. The number of carbonyl (C=O) groups is 2. The van der Waals surface area contributed by atoms with Crippen molar-refractivity contribution in [2.24, 2.45) is 0 Å². The highest BCUT2D eigenvalue weighted by atomic mass is 19.1. The quantitative estimate of drug-likeness (QED) is 0.616. The summed E-state index contributed by atoms with van der Waals surface area (Å²) < 4.78 is 28.9. The van der Waals surface area contributed by atoms with Gasteiger partial charge in [0, 0.05) is 6.07 Å². The predicted octanol–water partition coefficient (Wildman–Crippen LogP) is 3.38. The van der Waals surface area contributed by atoms with Crippen molar-refractivity contribution in [2.45, 2.75) is 6.92 Å². The maximum Gasteiger partial charge on any atom is 0.344 e. The number of hydrogen-bond acceptors (Lipinski definition) is 5. The first kappa shape index (κ1) is 16.7. The largest absolute Gasteiger partial charge is 0.482 e. The Balaban J connectivity index is 1.76. The maximum absolute atomic E-state index is 13.2. The van der Waals surface area contributed by atoms with Gasteiger partial charge in [-0.3, -0.25) is 4.79 Å². The zero-order valence-electron chi connectivity index (χ0n) is 13.5. The molecule has 0 N–H and O–H groups in total. The molecular weight excluding hydrogens is 327 g/mol. The van der Waals surface area contributed by atoms with Crippen LogP contribution in [0, 0.1) is 5.82 Å². The molecule has 0 aliphatic carbocycles. The van der Waals surface area contributed by atoms with E-state index in [1.165, 1.54) is 24.3 Å². The lowest BCUT2D eigenvalue weighted by Crippen LogP contribution is -2.14. The number of allylic oxidation sites excluding steroid dienone is 1. The van der Waals surface area contributed by atoms with Gasteiger partial charge < -0.3 is 14.2 Å². The van der Waals surface area contributed by atoms with E-state index in [1.54, 1.807) is 31.2 Å². The van der Waals surface area contributed by atoms with Crippen molar-refractivity contribution < 1.29 is 28.2 Å². The Labute approximate surface area is 143 Å². The number of Topliss-reactive ketones (excluding diaryl/α,β-unsaturated/α-hetero) is 1. The van der Waals surface area contributed by atoms with Crippen LogP contribution in [0.1, 0.15) is 22.8 Å². The van der Waals surface area contributed by atoms with Crippen molar-refractivity contribution >= 4 is 17.8 Å². The van der Waals surface area contributed by atoms with Gasteiger partial charge in [0.15, 0.2) is 12.4 Å². The van der Waals surface area contributed by atoms with Gasteiger partial charge in [-0.2, -0.15) is 0 Å². The van der Waals surface area contributed by atoms with Gasteiger partial charge in [0.05, 0.1) is 12.2 Å². The summed E-state index contributed by atoms with van der Waals surface area (Å²) >= 11 is 0. The van der Waals surface area contributed by atoms with Crippen molar-refractivity contribution in [1.82, 2.24) is 0 Å². The molecule has 0 spiro atoms. The lowest BCUT2D eigenvalue weighted by Gasteiger charge is -2.06. The molecule has 1 heterocycles. The van der Waals surface area contributed by atoms with Gasteiger partial charge in [-0.05, 0) is 42.8 Å². The van der Waals surface area contributed by atoms with Crippen LogP contribution in [0.5, 0.6) is 11.5 Å². The zero-order valence-corrected chi connectivity index (χ0v) is 13.5. The van der Waals surface area contributed by atoms with E-state index in [2.05, 4.69) is 0 Å². The Morgan fingerprint density at radius 1 is 1.24 bits per heavy atom.